The molecule has 1 amide bonds. The zero-order chi connectivity index (χ0) is 20.9. The first-order valence-corrected chi connectivity index (χ1v) is 10.2. The normalized spacial score (nSPS) is 13.8. The highest BCUT2D eigenvalue weighted by molar-refractivity contribution is 6.29. The van der Waals surface area contributed by atoms with Gasteiger partial charge in [0.15, 0.2) is 0 Å². The molecule has 1 aromatic heterocycles. The number of piperazine rings is 1. The van der Waals surface area contributed by atoms with Crippen molar-refractivity contribution in [1.29, 1.82) is 0 Å². The van der Waals surface area contributed by atoms with Gasteiger partial charge in [0.25, 0.3) is 5.91 Å². The average Bonchev–Trinajstić information content (AvgIpc) is 2.79. The van der Waals surface area contributed by atoms with Crippen LogP contribution in [0.15, 0.2) is 66.7 Å². The number of pyridine rings is 1. The minimum absolute atomic E-state index is 0.117. The highest BCUT2D eigenvalue weighted by Gasteiger charge is 2.24. The van der Waals surface area contributed by atoms with Crippen molar-refractivity contribution in [2.24, 2.45) is 0 Å². The van der Waals surface area contributed by atoms with Crippen LogP contribution in [0.4, 0.5) is 17.1 Å². The van der Waals surface area contributed by atoms with Crippen LogP contribution in [-0.2, 0) is 0 Å². The molecule has 4 rings (SSSR count). The summed E-state index contributed by atoms with van der Waals surface area (Å²) >= 11 is 6.21. The standard InChI is InChI=1S/C23H23ClN4O2/c1-30-21-10-6-5-9-19(21)25-17-15-20(26-22(24)16-17)23(29)28-13-11-27(12-14-28)18-7-3-2-4-8-18/h2-10,15-16H,11-14H2,1H3,(H,25,26). The van der Waals surface area contributed by atoms with E-state index < -0.39 is 0 Å². The van der Waals surface area contributed by atoms with Gasteiger partial charge >= 0.3 is 0 Å². The number of ether oxygens (including phenoxy) is 1. The van der Waals surface area contributed by atoms with Gasteiger partial charge in [-0.2, -0.15) is 0 Å². The van der Waals surface area contributed by atoms with E-state index in [1.165, 1.54) is 5.69 Å². The Kier molecular flexibility index (Phi) is 6.05. The summed E-state index contributed by atoms with van der Waals surface area (Å²) in [5.41, 5.74) is 2.98. The van der Waals surface area contributed by atoms with Crippen molar-refractivity contribution in [3.05, 3.63) is 77.6 Å². The van der Waals surface area contributed by atoms with Crippen LogP contribution < -0.4 is 15.0 Å². The highest BCUT2D eigenvalue weighted by atomic mass is 35.5. The number of carbonyl (C=O) groups is 1. The number of aromatic nitrogens is 1. The summed E-state index contributed by atoms with van der Waals surface area (Å²) < 4.78 is 5.38. The predicted molar refractivity (Wildman–Crippen MR) is 120 cm³/mol. The first-order chi connectivity index (χ1) is 14.6. The number of nitrogens with one attached hydrogen (secondary N) is 1. The number of carbonyl (C=O) groups excluding carboxylic acids is 1. The van der Waals surface area contributed by atoms with Crippen LogP contribution in [-0.4, -0.2) is 49.1 Å². The van der Waals surface area contributed by atoms with Gasteiger partial charge in [-0.05, 0) is 36.4 Å². The molecule has 1 saturated heterocycles. The fraction of sp³-hybridized carbons (Fsp3) is 0.217. The summed E-state index contributed by atoms with van der Waals surface area (Å²) in [5.74, 6) is 0.587. The summed E-state index contributed by atoms with van der Waals surface area (Å²) in [6, 6.07) is 21.2. The number of methoxy groups -OCH3 is 1. The predicted octanol–water partition coefficient (Wildman–Crippen LogP) is 4.45. The molecule has 7 heteroatoms. The number of hydrogen-bond donors (Lipinski definition) is 1. The lowest BCUT2D eigenvalue weighted by molar-refractivity contribution is 0.0741. The van der Waals surface area contributed by atoms with E-state index in [2.05, 4.69) is 27.3 Å². The van der Waals surface area contributed by atoms with Gasteiger partial charge in [-0.15, -0.1) is 0 Å². The highest BCUT2D eigenvalue weighted by Crippen LogP contribution is 2.28. The van der Waals surface area contributed by atoms with Crippen LogP contribution in [0.2, 0.25) is 5.15 Å². The lowest BCUT2D eigenvalue weighted by Gasteiger charge is -2.36. The number of halogens is 1. The molecule has 2 aromatic carbocycles. The zero-order valence-corrected chi connectivity index (χ0v) is 17.5. The van der Waals surface area contributed by atoms with Gasteiger partial charge in [-0.25, -0.2) is 4.98 Å². The number of rotatable bonds is 5. The maximum atomic E-state index is 13.1. The molecule has 2 heterocycles. The van der Waals surface area contributed by atoms with Crippen LogP contribution in [0.25, 0.3) is 0 Å². The largest absolute Gasteiger partial charge is 0.495 e. The first-order valence-electron chi connectivity index (χ1n) is 9.81. The van der Waals surface area contributed by atoms with Crippen LogP contribution in [0.1, 0.15) is 10.5 Å². The van der Waals surface area contributed by atoms with Crippen LogP contribution in [0.5, 0.6) is 5.75 Å². The second-order valence-electron chi connectivity index (χ2n) is 7.00. The fourth-order valence-electron chi connectivity index (χ4n) is 3.55. The van der Waals surface area contributed by atoms with E-state index in [0.717, 1.165) is 18.8 Å². The molecule has 0 aliphatic carbocycles. The number of para-hydroxylation sites is 3. The summed E-state index contributed by atoms with van der Waals surface area (Å²) in [5, 5.41) is 3.53. The smallest absolute Gasteiger partial charge is 0.272 e. The third-order valence-electron chi connectivity index (χ3n) is 5.09. The van der Waals surface area contributed by atoms with E-state index >= 15 is 0 Å². The minimum Gasteiger partial charge on any atom is -0.495 e. The third kappa shape index (κ3) is 4.49. The lowest BCUT2D eigenvalue weighted by atomic mass is 10.2. The molecule has 0 bridgehead atoms. The SMILES string of the molecule is COc1ccccc1Nc1cc(Cl)nc(C(=O)N2CCN(c3ccccc3)CC2)c1. The van der Waals surface area contributed by atoms with E-state index in [1.54, 1.807) is 19.2 Å². The quantitative estimate of drug-likeness (QED) is 0.615. The number of anilines is 3. The Bertz CT molecular complexity index is 1020. The first kappa shape index (κ1) is 20.0. The van der Waals surface area contributed by atoms with Gasteiger partial charge < -0.3 is 19.9 Å². The maximum Gasteiger partial charge on any atom is 0.272 e. The Balaban J connectivity index is 1.47. The Labute approximate surface area is 181 Å². The van der Waals surface area contributed by atoms with Crippen molar-refractivity contribution in [2.45, 2.75) is 0 Å². The molecule has 1 aliphatic heterocycles. The third-order valence-corrected chi connectivity index (χ3v) is 5.28. The number of nitrogens with zero attached hydrogens (tertiary/aromatic N) is 3. The second kappa shape index (κ2) is 9.05. The van der Waals surface area contributed by atoms with Crippen molar-refractivity contribution in [3.8, 4) is 5.75 Å². The van der Waals surface area contributed by atoms with Crippen molar-refractivity contribution in [1.82, 2.24) is 9.88 Å². The molecule has 0 unspecified atom stereocenters. The van der Waals surface area contributed by atoms with Crippen molar-refractivity contribution >= 4 is 34.6 Å². The van der Waals surface area contributed by atoms with E-state index in [1.807, 2.05) is 47.4 Å². The van der Waals surface area contributed by atoms with Gasteiger partial charge in [-0.1, -0.05) is 41.9 Å². The Morgan fingerprint density at radius 1 is 1.00 bits per heavy atom. The molecule has 0 radical (unpaired) electrons. The molecular weight excluding hydrogens is 400 g/mol. The Morgan fingerprint density at radius 3 is 2.43 bits per heavy atom. The average molecular weight is 423 g/mol. The molecule has 1 aliphatic rings. The van der Waals surface area contributed by atoms with E-state index in [-0.39, 0.29) is 11.1 Å². The molecule has 6 nitrogen and oxygen atoms in total. The number of hydrogen-bond acceptors (Lipinski definition) is 5. The number of amides is 1. The molecule has 154 valence electrons. The summed E-state index contributed by atoms with van der Waals surface area (Å²) in [7, 11) is 1.62. The van der Waals surface area contributed by atoms with E-state index in [0.29, 0.717) is 30.2 Å². The molecule has 0 saturated carbocycles. The summed E-state index contributed by atoms with van der Waals surface area (Å²) in [6.07, 6.45) is 0. The minimum atomic E-state index is -0.117. The van der Waals surface area contributed by atoms with Gasteiger partial charge in [-0.3, -0.25) is 4.79 Å². The van der Waals surface area contributed by atoms with E-state index in [9.17, 15) is 4.79 Å². The molecule has 30 heavy (non-hydrogen) atoms. The summed E-state index contributed by atoms with van der Waals surface area (Å²) in [6.45, 7) is 2.83. The Morgan fingerprint density at radius 2 is 1.70 bits per heavy atom. The molecule has 1 fully saturated rings. The van der Waals surface area contributed by atoms with Gasteiger partial charge in [0.05, 0.1) is 12.8 Å². The lowest BCUT2D eigenvalue weighted by Crippen LogP contribution is -2.49. The van der Waals surface area contributed by atoms with Gasteiger partial charge in [0.1, 0.15) is 16.6 Å². The van der Waals surface area contributed by atoms with Crippen molar-refractivity contribution < 1.29 is 9.53 Å². The molecule has 1 N–H and O–H groups in total. The van der Waals surface area contributed by atoms with Crippen LogP contribution in [0.3, 0.4) is 0 Å². The zero-order valence-electron chi connectivity index (χ0n) is 16.7. The Hall–Kier alpha value is -3.25. The van der Waals surface area contributed by atoms with Crippen molar-refractivity contribution in [2.75, 3.05) is 43.5 Å². The molecule has 0 spiro atoms. The topological polar surface area (TPSA) is 57.7 Å². The molecule has 0 atom stereocenters. The molecule has 3 aromatic rings. The maximum absolute atomic E-state index is 13.1. The van der Waals surface area contributed by atoms with Crippen LogP contribution >= 0.6 is 11.6 Å². The summed E-state index contributed by atoms with van der Waals surface area (Å²) in [4.78, 5) is 21.4. The van der Waals surface area contributed by atoms with Crippen LogP contribution in [0, 0.1) is 0 Å². The fourth-order valence-corrected chi connectivity index (χ4v) is 3.76. The van der Waals surface area contributed by atoms with Gasteiger partial charge in [0, 0.05) is 37.6 Å². The monoisotopic (exact) mass is 422 g/mol. The van der Waals surface area contributed by atoms with Crippen molar-refractivity contribution in [3.63, 3.8) is 0 Å². The molecular formula is C23H23ClN4O2. The number of benzene rings is 2. The van der Waals surface area contributed by atoms with E-state index in [4.69, 9.17) is 16.3 Å². The van der Waals surface area contributed by atoms with Gasteiger partial charge in [0.2, 0.25) is 0 Å². The second-order valence-corrected chi connectivity index (χ2v) is 7.39.